The zero-order valence-corrected chi connectivity index (χ0v) is 17.5. The van der Waals surface area contributed by atoms with Gasteiger partial charge in [-0.25, -0.2) is 14.4 Å². The lowest BCUT2D eigenvalue weighted by Gasteiger charge is -2.12. The third-order valence-corrected chi connectivity index (χ3v) is 4.55. The fourth-order valence-corrected chi connectivity index (χ4v) is 2.97. The van der Waals surface area contributed by atoms with E-state index in [9.17, 15) is 19.5 Å². The monoisotopic (exact) mass is 437 g/mol. The maximum absolute atomic E-state index is 12.3. The molecule has 0 radical (unpaired) electrons. The minimum Gasteiger partial charge on any atom is -0.493 e. The van der Waals surface area contributed by atoms with Gasteiger partial charge in [0.05, 0.1) is 5.69 Å². The molecule has 0 saturated heterocycles. The number of H-pyrrole nitrogens is 1. The van der Waals surface area contributed by atoms with Crippen molar-refractivity contribution < 1.29 is 9.90 Å². The molecule has 0 saturated carbocycles. The van der Waals surface area contributed by atoms with Crippen LogP contribution in [0.2, 0.25) is 0 Å². The van der Waals surface area contributed by atoms with Gasteiger partial charge in [-0.3, -0.25) is 25.4 Å². The summed E-state index contributed by atoms with van der Waals surface area (Å²) in [7, 11) is 0. The average Bonchev–Trinajstić information content (AvgIpc) is 2.73. The van der Waals surface area contributed by atoms with Crippen molar-refractivity contribution in [2.24, 2.45) is 4.99 Å². The molecule has 0 spiro atoms. The number of aromatic nitrogens is 2. The Labute approximate surface area is 182 Å². The molecule has 0 aliphatic carbocycles. The molecular formula is C21H19N5O4S. The van der Waals surface area contributed by atoms with Crippen LogP contribution >= 0.6 is 12.2 Å². The number of nitrogens with zero attached hydrogens (tertiary/aromatic N) is 2. The van der Waals surface area contributed by atoms with Gasteiger partial charge in [-0.15, -0.1) is 0 Å². The van der Waals surface area contributed by atoms with Crippen LogP contribution in [0.25, 0.3) is 5.69 Å². The molecule has 10 heteroatoms. The van der Waals surface area contributed by atoms with Crippen LogP contribution < -0.4 is 22.1 Å². The van der Waals surface area contributed by atoms with E-state index >= 15 is 0 Å². The quantitative estimate of drug-likeness (QED) is 0.279. The number of aliphatic imine (C=N–C) groups is 1. The molecule has 2 aromatic carbocycles. The van der Waals surface area contributed by atoms with Crippen molar-refractivity contribution in [3.05, 3.63) is 91.6 Å². The zero-order valence-electron chi connectivity index (χ0n) is 16.7. The van der Waals surface area contributed by atoms with Crippen LogP contribution in [0.4, 0.5) is 0 Å². The number of aromatic amines is 1. The van der Waals surface area contributed by atoms with Crippen LogP contribution in [0.3, 0.4) is 0 Å². The van der Waals surface area contributed by atoms with E-state index in [0.29, 0.717) is 11.3 Å². The second kappa shape index (κ2) is 9.18. The van der Waals surface area contributed by atoms with Crippen molar-refractivity contribution >= 4 is 29.5 Å². The van der Waals surface area contributed by atoms with Crippen molar-refractivity contribution in [1.82, 2.24) is 20.4 Å². The fourth-order valence-electron chi connectivity index (χ4n) is 2.86. The molecule has 3 rings (SSSR count). The Kier molecular flexibility index (Phi) is 6.41. The molecule has 0 aliphatic rings. The van der Waals surface area contributed by atoms with Crippen LogP contribution in [0.1, 0.15) is 27.0 Å². The van der Waals surface area contributed by atoms with Gasteiger partial charge >= 0.3 is 5.69 Å². The van der Waals surface area contributed by atoms with Crippen LogP contribution in [0.15, 0.2) is 63.1 Å². The van der Waals surface area contributed by atoms with Crippen LogP contribution in [-0.4, -0.2) is 31.9 Å². The van der Waals surface area contributed by atoms with E-state index in [1.807, 2.05) is 13.0 Å². The van der Waals surface area contributed by atoms with E-state index in [0.717, 1.165) is 21.9 Å². The predicted octanol–water partition coefficient (Wildman–Crippen LogP) is 1.49. The van der Waals surface area contributed by atoms with Gasteiger partial charge in [-0.05, 0) is 49.8 Å². The third kappa shape index (κ3) is 4.93. The number of aromatic hydroxyl groups is 1. The SMILES string of the molecule is Cc1ccc(-n2c(O)c(C=NC(=S)NNC(=O)c3ccccc3)c(=O)[nH]c2=O)c(C)c1. The van der Waals surface area contributed by atoms with Gasteiger partial charge in [0.15, 0.2) is 0 Å². The Morgan fingerprint density at radius 3 is 2.52 bits per heavy atom. The van der Waals surface area contributed by atoms with Crippen molar-refractivity contribution in [3.63, 3.8) is 0 Å². The molecule has 0 bridgehead atoms. The molecule has 4 N–H and O–H groups in total. The minimum atomic E-state index is -0.830. The van der Waals surface area contributed by atoms with Crippen LogP contribution in [0, 0.1) is 13.8 Å². The first-order chi connectivity index (χ1) is 14.8. The number of aryl methyl sites for hydroxylation is 2. The Bertz CT molecular complexity index is 1300. The van der Waals surface area contributed by atoms with Crippen molar-refractivity contribution in [1.29, 1.82) is 0 Å². The second-order valence-electron chi connectivity index (χ2n) is 6.63. The molecule has 31 heavy (non-hydrogen) atoms. The van der Waals surface area contributed by atoms with E-state index in [1.54, 1.807) is 49.4 Å². The van der Waals surface area contributed by atoms with Gasteiger partial charge in [0, 0.05) is 11.8 Å². The first-order valence-corrected chi connectivity index (χ1v) is 9.54. The smallest absolute Gasteiger partial charge is 0.335 e. The Morgan fingerprint density at radius 1 is 1.13 bits per heavy atom. The number of benzene rings is 2. The Hall–Kier alpha value is -4.05. The molecule has 3 aromatic rings. The van der Waals surface area contributed by atoms with Gasteiger partial charge in [-0.2, -0.15) is 0 Å². The number of hydrazine groups is 1. The van der Waals surface area contributed by atoms with Gasteiger partial charge in [0.2, 0.25) is 11.0 Å². The van der Waals surface area contributed by atoms with Crippen molar-refractivity contribution in [2.75, 3.05) is 0 Å². The number of nitrogens with one attached hydrogen (secondary N) is 3. The maximum Gasteiger partial charge on any atom is 0.335 e. The number of rotatable bonds is 3. The highest BCUT2D eigenvalue weighted by atomic mass is 32.1. The normalized spacial score (nSPS) is 10.8. The third-order valence-electron chi connectivity index (χ3n) is 4.34. The van der Waals surface area contributed by atoms with E-state index < -0.39 is 23.0 Å². The van der Waals surface area contributed by atoms with Gasteiger partial charge in [0.1, 0.15) is 5.56 Å². The second-order valence-corrected chi connectivity index (χ2v) is 7.02. The highest BCUT2D eigenvalue weighted by Crippen LogP contribution is 2.19. The first kappa shape index (κ1) is 21.7. The highest BCUT2D eigenvalue weighted by molar-refractivity contribution is 7.80. The molecule has 0 aliphatic heterocycles. The van der Waals surface area contributed by atoms with Crippen molar-refractivity contribution in [2.45, 2.75) is 13.8 Å². The zero-order chi connectivity index (χ0) is 22.5. The fraction of sp³-hybridized carbons (Fsp3) is 0.0952. The van der Waals surface area contributed by atoms with Crippen LogP contribution in [0.5, 0.6) is 5.88 Å². The molecule has 158 valence electrons. The maximum atomic E-state index is 12.3. The van der Waals surface area contributed by atoms with E-state index in [2.05, 4.69) is 20.8 Å². The number of hydrogen-bond acceptors (Lipinski definition) is 5. The van der Waals surface area contributed by atoms with Gasteiger partial charge in [0.25, 0.3) is 11.5 Å². The van der Waals surface area contributed by atoms with E-state index in [1.165, 1.54) is 0 Å². The number of hydrogen-bond donors (Lipinski definition) is 4. The predicted molar refractivity (Wildman–Crippen MR) is 121 cm³/mol. The summed E-state index contributed by atoms with van der Waals surface area (Å²) in [4.78, 5) is 42.5. The molecule has 0 fully saturated rings. The summed E-state index contributed by atoms with van der Waals surface area (Å²) < 4.78 is 0.977. The molecular weight excluding hydrogens is 418 g/mol. The Morgan fingerprint density at radius 2 is 1.84 bits per heavy atom. The largest absolute Gasteiger partial charge is 0.493 e. The van der Waals surface area contributed by atoms with E-state index in [-0.39, 0.29) is 10.7 Å². The number of thiocarbonyl (C=S) groups is 1. The first-order valence-electron chi connectivity index (χ1n) is 9.13. The summed E-state index contributed by atoms with van der Waals surface area (Å²) in [6.45, 7) is 3.68. The summed E-state index contributed by atoms with van der Waals surface area (Å²) in [6, 6.07) is 13.7. The number of carbonyl (C=O) groups is 1. The molecule has 9 nitrogen and oxygen atoms in total. The summed E-state index contributed by atoms with van der Waals surface area (Å²) in [5.41, 5.74) is 5.46. The summed E-state index contributed by atoms with van der Waals surface area (Å²) in [5.74, 6) is -1.01. The summed E-state index contributed by atoms with van der Waals surface area (Å²) >= 11 is 5.01. The topological polar surface area (TPSA) is 129 Å². The molecule has 1 heterocycles. The summed E-state index contributed by atoms with van der Waals surface area (Å²) in [5, 5.41) is 10.4. The number of carbonyl (C=O) groups excluding carboxylic acids is 1. The lowest BCUT2D eigenvalue weighted by Crippen LogP contribution is -2.40. The molecule has 0 unspecified atom stereocenters. The van der Waals surface area contributed by atoms with Gasteiger partial charge in [-0.1, -0.05) is 35.9 Å². The van der Waals surface area contributed by atoms with Crippen molar-refractivity contribution in [3.8, 4) is 11.6 Å². The minimum absolute atomic E-state index is 0.160. The average molecular weight is 437 g/mol. The lowest BCUT2D eigenvalue weighted by molar-refractivity contribution is 0.0944. The van der Waals surface area contributed by atoms with Gasteiger partial charge < -0.3 is 5.11 Å². The summed E-state index contributed by atoms with van der Waals surface area (Å²) in [6.07, 6.45) is 1.01. The molecule has 1 amide bonds. The molecule has 1 aromatic heterocycles. The van der Waals surface area contributed by atoms with E-state index in [4.69, 9.17) is 12.2 Å². The molecule has 0 atom stereocenters. The standard InChI is InChI=1S/C21H19N5O4S/c1-12-8-9-16(13(2)10-12)26-19(29)15(18(28)23-21(26)30)11-22-20(31)25-24-17(27)14-6-4-3-5-7-14/h3-11,29H,1-2H3,(H,24,27)(H,25,31)(H,23,28,30). The Balaban J connectivity index is 1.83. The number of amides is 1. The highest BCUT2D eigenvalue weighted by Gasteiger charge is 2.16. The lowest BCUT2D eigenvalue weighted by atomic mass is 10.1. The van der Waals surface area contributed by atoms with Crippen LogP contribution in [-0.2, 0) is 0 Å².